The summed E-state index contributed by atoms with van der Waals surface area (Å²) in [6.45, 7) is 0.877. The maximum absolute atomic E-state index is 11.3. The average Bonchev–Trinajstić information content (AvgIpc) is 2.92. The summed E-state index contributed by atoms with van der Waals surface area (Å²) in [5, 5.41) is 6.87. The highest BCUT2D eigenvalue weighted by molar-refractivity contribution is 9.10. The summed E-state index contributed by atoms with van der Waals surface area (Å²) in [7, 11) is 0. The van der Waals surface area contributed by atoms with E-state index in [1.54, 1.807) is 0 Å². The van der Waals surface area contributed by atoms with E-state index in [0.29, 0.717) is 12.5 Å². The van der Waals surface area contributed by atoms with Gasteiger partial charge in [-0.1, -0.05) is 47.3 Å². The maximum Gasteiger partial charge on any atom is 0.220 e. The molecule has 0 spiro atoms. The van der Waals surface area contributed by atoms with E-state index >= 15 is 0 Å². The minimum Gasteiger partial charge on any atom is -0.352 e. The lowest BCUT2D eigenvalue weighted by atomic mass is 9.76. The lowest BCUT2D eigenvalue weighted by Gasteiger charge is -2.40. The van der Waals surface area contributed by atoms with E-state index < -0.39 is 0 Å². The van der Waals surface area contributed by atoms with Crippen LogP contribution >= 0.6 is 15.9 Å². The third-order valence-electron chi connectivity index (χ3n) is 4.88. The minimum atomic E-state index is 0.0896. The summed E-state index contributed by atoms with van der Waals surface area (Å²) in [5.74, 6) is 0.197. The number of hydrogen-bond donors (Lipinski definition) is 2. The van der Waals surface area contributed by atoms with E-state index in [1.165, 1.54) is 37.7 Å². The van der Waals surface area contributed by atoms with Gasteiger partial charge in [-0.05, 0) is 37.0 Å². The molecular weight excluding hydrogens is 328 g/mol. The average molecular weight is 351 g/mol. The maximum atomic E-state index is 11.3. The Morgan fingerprint density at radius 3 is 2.52 bits per heavy atom. The van der Waals surface area contributed by atoms with Crippen LogP contribution in [-0.4, -0.2) is 18.5 Å². The summed E-state index contributed by atoms with van der Waals surface area (Å²) in [5.41, 5.74) is 1.47. The van der Waals surface area contributed by atoms with Crippen LogP contribution in [0, 0.1) is 0 Å². The normalized spacial score (nSPS) is 24.8. The van der Waals surface area contributed by atoms with E-state index in [9.17, 15) is 4.79 Å². The zero-order valence-electron chi connectivity index (χ0n) is 12.3. The van der Waals surface area contributed by atoms with Gasteiger partial charge in [-0.3, -0.25) is 4.79 Å². The van der Waals surface area contributed by atoms with Crippen molar-refractivity contribution in [3.63, 3.8) is 0 Å². The second-order valence-corrected chi connectivity index (χ2v) is 7.25. The molecule has 1 aromatic rings. The van der Waals surface area contributed by atoms with Gasteiger partial charge in [-0.15, -0.1) is 0 Å². The second-order valence-electron chi connectivity index (χ2n) is 6.33. The van der Waals surface area contributed by atoms with Gasteiger partial charge in [0, 0.05) is 29.0 Å². The molecule has 1 aliphatic carbocycles. The topological polar surface area (TPSA) is 41.1 Å². The number of hydrogen-bond acceptors (Lipinski definition) is 2. The zero-order chi connectivity index (χ0) is 14.7. The highest BCUT2D eigenvalue weighted by atomic mass is 79.9. The monoisotopic (exact) mass is 350 g/mol. The Morgan fingerprint density at radius 1 is 1.19 bits per heavy atom. The van der Waals surface area contributed by atoms with Crippen molar-refractivity contribution in [3.05, 3.63) is 34.3 Å². The predicted molar refractivity (Wildman–Crippen MR) is 88.1 cm³/mol. The van der Waals surface area contributed by atoms with Crippen molar-refractivity contribution in [1.82, 2.24) is 10.6 Å². The van der Waals surface area contributed by atoms with Crippen molar-refractivity contribution < 1.29 is 4.79 Å². The Labute approximate surface area is 135 Å². The van der Waals surface area contributed by atoms with Crippen molar-refractivity contribution in [2.24, 2.45) is 0 Å². The molecule has 1 amide bonds. The summed E-state index contributed by atoms with van der Waals surface area (Å²) in [4.78, 5) is 11.3. The van der Waals surface area contributed by atoms with Gasteiger partial charge in [0.2, 0.25) is 5.91 Å². The molecule has 1 aliphatic heterocycles. The molecule has 1 atom stereocenters. The Kier molecular flexibility index (Phi) is 4.65. The van der Waals surface area contributed by atoms with E-state index in [-0.39, 0.29) is 11.4 Å². The first kappa shape index (κ1) is 15.0. The molecule has 2 aliphatic rings. The third kappa shape index (κ3) is 3.49. The molecule has 2 fully saturated rings. The van der Waals surface area contributed by atoms with Gasteiger partial charge in [-0.2, -0.15) is 0 Å². The predicted octanol–water partition coefficient (Wildman–Crippen LogP) is 3.48. The summed E-state index contributed by atoms with van der Waals surface area (Å²) in [6, 6.07) is 9.02. The smallest absolute Gasteiger partial charge is 0.220 e. The van der Waals surface area contributed by atoms with E-state index in [4.69, 9.17) is 0 Å². The summed E-state index contributed by atoms with van der Waals surface area (Å²) >= 11 is 3.52. The van der Waals surface area contributed by atoms with Gasteiger partial charge in [0.1, 0.15) is 0 Å². The first-order chi connectivity index (χ1) is 10.2. The van der Waals surface area contributed by atoms with E-state index in [2.05, 4.69) is 50.8 Å². The van der Waals surface area contributed by atoms with Crippen molar-refractivity contribution >= 4 is 21.8 Å². The Balaban J connectivity index is 1.73. The van der Waals surface area contributed by atoms with Gasteiger partial charge in [-0.25, -0.2) is 0 Å². The molecule has 0 radical (unpaired) electrons. The molecule has 0 aromatic heterocycles. The molecule has 3 nitrogen and oxygen atoms in total. The van der Waals surface area contributed by atoms with Crippen LogP contribution < -0.4 is 10.6 Å². The van der Waals surface area contributed by atoms with Gasteiger partial charge >= 0.3 is 0 Å². The first-order valence-electron chi connectivity index (χ1n) is 7.98. The number of carbonyl (C=O) groups is 1. The van der Waals surface area contributed by atoms with Crippen LogP contribution in [0.25, 0.3) is 0 Å². The fourth-order valence-electron chi connectivity index (χ4n) is 3.64. The van der Waals surface area contributed by atoms with Gasteiger partial charge in [0.25, 0.3) is 0 Å². The molecule has 3 rings (SSSR count). The molecule has 2 N–H and O–H groups in total. The third-order valence-corrected chi connectivity index (χ3v) is 5.40. The number of rotatable bonds is 4. The first-order valence-corrected chi connectivity index (χ1v) is 8.78. The van der Waals surface area contributed by atoms with Crippen molar-refractivity contribution in [3.8, 4) is 0 Å². The molecule has 1 saturated carbocycles. The Bertz CT molecular complexity index is 494. The van der Waals surface area contributed by atoms with Crippen LogP contribution in [0.3, 0.4) is 0 Å². The van der Waals surface area contributed by atoms with Crippen LogP contribution in [0.1, 0.15) is 50.5 Å². The van der Waals surface area contributed by atoms with Gasteiger partial charge in [0.05, 0.1) is 0 Å². The van der Waals surface area contributed by atoms with E-state index in [0.717, 1.165) is 17.4 Å². The lowest BCUT2D eigenvalue weighted by molar-refractivity contribution is -0.119. The van der Waals surface area contributed by atoms with Crippen LogP contribution in [0.2, 0.25) is 0 Å². The molecular formula is C17H23BrN2O. The second kappa shape index (κ2) is 6.49. The molecule has 114 valence electrons. The van der Waals surface area contributed by atoms with Crippen LogP contribution in [0.15, 0.2) is 28.7 Å². The van der Waals surface area contributed by atoms with Crippen molar-refractivity contribution in [2.45, 2.75) is 56.5 Å². The number of benzene rings is 1. The van der Waals surface area contributed by atoms with Crippen LogP contribution in [0.5, 0.6) is 0 Å². The molecule has 0 bridgehead atoms. The fraction of sp³-hybridized carbons (Fsp3) is 0.588. The van der Waals surface area contributed by atoms with Gasteiger partial charge in [0.15, 0.2) is 0 Å². The lowest BCUT2D eigenvalue weighted by Crippen LogP contribution is -2.49. The number of nitrogens with one attached hydrogen (secondary N) is 2. The molecule has 1 heterocycles. The Hall–Kier alpha value is -0.870. The molecule has 1 saturated heterocycles. The molecule has 4 heteroatoms. The van der Waals surface area contributed by atoms with Gasteiger partial charge < -0.3 is 10.6 Å². The number of amides is 1. The van der Waals surface area contributed by atoms with Crippen LogP contribution in [0.4, 0.5) is 0 Å². The number of halogens is 1. The molecule has 1 aromatic carbocycles. The molecule has 21 heavy (non-hydrogen) atoms. The standard InChI is InChI=1S/C17H23BrN2O/c18-14-6-4-13(5-7-14)17(10-2-1-3-11-17)19-12-15-8-9-16(21)20-15/h4-7,15,19H,1-3,8-12H2,(H,20,21)/t15-/m0/s1. The SMILES string of the molecule is O=C1CC[C@@H](CNC2(c3ccc(Br)cc3)CCCCC2)N1. The highest BCUT2D eigenvalue weighted by Gasteiger charge is 2.34. The van der Waals surface area contributed by atoms with Crippen molar-refractivity contribution in [1.29, 1.82) is 0 Å². The van der Waals surface area contributed by atoms with Crippen LogP contribution in [-0.2, 0) is 10.3 Å². The minimum absolute atomic E-state index is 0.0896. The molecule has 0 unspecified atom stereocenters. The van der Waals surface area contributed by atoms with Crippen molar-refractivity contribution in [2.75, 3.05) is 6.54 Å². The largest absolute Gasteiger partial charge is 0.352 e. The fourth-order valence-corrected chi connectivity index (χ4v) is 3.91. The quantitative estimate of drug-likeness (QED) is 0.872. The Morgan fingerprint density at radius 2 is 1.90 bits per heavy atom. The number of carbonyl (C=O) groups excluding carboxylic acids is 1. The summed E-state index contributed by atoms with van der Waals surface area (Å²) in [6.07, 6.45) is 7.91. The highest BCUT2D eigenvalue weighted by Crippen LogP contribution is 2.37. The zero-order valence-corrected chi connectivity index (χ0v) is 13.9. The van der Waals surface area contributed by atoms with E-state index in [1.807, 2.05) is 0 Å². The summed E-state index contributed by atoms with van der Waals surface area (Å²) < 4.78 is 1.13.